The number of hydrogen-bond acceptors (Lipinski definition) is 9. The maximum absolute atomic E-state index is 13.8. The standard InChI is InChI=1S/C29H36N8O5S/c1-17(2)32-23(28(39)40)11-12-27(38)37(21-8-7-18(3)25(16-21)43(30,41)42)29-31-14-13-26(33-29)35(5)20-9-10-22-19(4)36(6)34-24(22)15-20/h7-10,13-17,23,32H,11-12H2,1-6H3,(H,39,40)(H2,30,41,42)/t23-/m0/s1. The number of nitrogens with two attached hydrogens (primary N) is 1. The zero-order valence-electron chi connectivity index (χ0n) is 24.9. The van der Waals surface area contributed by atoms with Gasteiger partial charge in [-0.05, 0) is 62.2 Å². The number of primary sulfonamides is 1. The molecule has 4 aromatic rings. The summed E-state index contributed by atoms with van der Waals surface area (Å²) in [5, 5.41) is 23.6. The molecule has 0 aliphatic carbocycles. The minimum Gasteiger partial charge on any atom is -0.480 e. The Kier molecular flexibility index (Phi) is 9.13. The van der Waals surface area contributed by atoms with Crippen molar-refractivity contribution in [2.24, 2.45) is 12.2 Å². The number of aryl methyl sites for hydroxylation is 3. The summed E-state index contributed by atoms with van der Waals surface area (Å²) in [4.78, 5) is 37.4. The second kappa shape index (κ2) is 12.5. The first-order valence-corrected chi connectivity index (χ1v) is 15.2. The van der Waals surface area contributed by atoms with Gasteiger partial charge in [-0.25, -0.2) is 23.4 Å². The van der Waals surface area contributed by atoms with Crippen molar-refractivity contribution in [1.29, 1.82) is 0 Å². The van der Waals surface area contributed by atoms with Crippen LogP contribution in [0.15, 0.2) is 53.6 Å². The molecule has 0 bridgehead atoms. The first-order valence-electron chi connectivity index (χ1n) is 13.6. The molecule has 0 radical (unpaired) electrons. The van der Waals surface area contributed by atoms with E-state index in [4.69, 9.17) is 5.14 Å². The Morgan fingerprint density at radius 1 is 1.09 bits per heavy atom. The van der Waals surface area contributed by atoms with Crippen molar-refractivity contribution in [1.82, 2.24) is 25.1 Å². The Labute approximate surface area is 250 Å². The topological polar surface area (TPSA) is 177 Å². The quantitative estimate of drug-likeness (QED) is 0.229. The van der Waals surface area contributed by atoms with E-state index in [9.17, 15) is 23.1 Å². The van der Waals surface area contributed by atoms with Gasteiger partial charge in [-0.1, -0.05) is 19.9 Å². The van der Waals surface area contributed by atoms with Gasteiger partial charge >= 0.3 is 5.97 Å². The van der Waals surface area contributed by atoms with Crippen molar-refractivity contribution < 1.29 is 23.1 Å². The lowest BCUT2D eigenvalue weighted by Crippen LogP contribution is -2.41. The number of rotatable bonds is 11. The number of hydrogen-bond donors (Lipinski definition) is 3. The molecule has 4 rings (SSSR count). The Morgan fingerprint density at radius 2 is 1.79 bits per heavy atom. The number of aromatic nitrogens is 4. The SMILES string of the molecule is Cc1ccc(N(C(=O)CC[C@H](NC(C)C)C(=O)O)c2nccc(N(C)c3ccc4c(C)n(C)nc4c3)n2)cc1S(N)(=O)=O. The van der Waals surface area contributed by atoms with Crippen LogP contribution in [0.2, 0.25) is 0 Å². The van der Waals surface area contributed by atoms with Crippen LogP contribution in [-0.4, -0.2) is 64.3 Å². The molecule has 0 saturated carbocycles. The van der Waals surface area contributed by atoms with E-state index in [-0.39, 0.29) is 35.4 Å². The summed E-state index contributed by atoms with van der Waals surface area (Å²) < 4.78 is 26.4. The fraction of sp³-hybridized carbons (Fsp3) is 0.345. The van der Waals surface area contributed by atoms with Gasteiger partial charge in [0, 0.05) is 49.5 Å². The smallest absolute Gasteiger partial charge is 0.320 e. The van der Waals surface area contributed by atoms with Gasteiger partial charge in [0.15, 0.2) is 0 Å². The molecule has 0 aliphatic heterocycles. The third kappa shape index (κ3) is 6.98. The van der Waals surface area contributed by atoms with Crippen LogP contribution in [-0.2, 0) is 26.7 Å². The lowest BCUT2D eigenvalue weighted by molar-refractivity contribution is -0.139. The van der Waals surface area contributed by atoms with Gasteiger partial charge in [-0.2, -0.15) is 10.1 Å². The van der Waals surface area contributed by atoms with Crippen LogP contribution in [0.1, 0.15) is 37.9 Å². The lowest BCUT2D eigenvalue weighted by atomic mass is 10.1. The number of fused-ring (bicyclic) bond motifs is 1. The molecule has 0 saturated heterocycles. The highest BCUT2D eigenvalue weighted by Gasteiger charge is 2.27. The summed E-state index contributed by atoms with van der Waals surface area (Å²) >= 11 is 0. The Bertz CT molecular complexity index is 1790. The third-order valence-corrected chi connectivity index (χ3v) is 8.19. The first kappa shape index (κ1) is 31.5. The molecule has 0 fully saturated rings. The van der Waals surface area contributed by atoms with E-state index < -0.39 is 27.9 Å². The van der Waals surface area contributed by atoms with Crippen molar-refractivity contribution in [2.75, 3.05) is 16.8 Å². The highest BCUT2D eigenvalue weighted by Crippen LogP contribution is 2.31. The van der Waals surface area contributed by atoms with Crippen LogP contribution in [0.25, 0.3) is 10.9 Å². The normalized spacial score (nSPS) is 12.5. The maximum Gasteiger partial charge on any atom is 0.320 e. The Hall–Kier alpha value is -4.40. The van der Waals surface area contributed by atoms with E-state index in [1.54, 1.807) is 19.1 Å². The van der Waals surface area contributed by atoms with Crippen LogP contribution in [0.3, 0.4) is 0 Å². The number of anilines is 4. The van der Waals surface area contributed by atoms with Crippen LogP contribution >= 0.6 is 0 Å². The summed E-state index contributed by atoms with van der Waals surface area (Å²) in [5.41, 5.74) is 3.22. The molecule has 1 atom stereocenters. The van der Waals surface area contributed by atoms with Gasteiger partial charge in [0.05, 0.1) is 16.1 Å². The van der Waals surface area contributed by atoms with Crippen molar-refractivity contribution in [3.8, 4) is 0 Å². The fourth-order valence-electron chi connectivity index (χ4n) is 4.76. The predicted octanol–water partition coefficient (Wildman–Crippen LogP) is 3.29. The molecular weight excluding hydrogens is 572 g/mol. The second-order valence-electron chi connectivity index (χ2n) is 10.7. The molecule has 228 valence electrons. The van der Waals surface area contributed by atoms with Crippen LogP contribution < -0.4 is 20.3 Å². The maximum atomic E-state index is 13.8. The first-order chi connectivity index (χ1) is 20.2. The molecule has 43 heavy (non-hydrogen) atoms. The summed E-state index contributed by atoms with van der Waals surface area (Å²) in [6.07, 6.45) is 1.29. The van der Waals surface area contributed by atoms with Crippen LogP contribution in [0.5, 0.6) is 0 Å². The highest BCUT2D eigenvalue weighted by molar-refractivity contribution is 7.89. The molecule has 2 aromatic heterocycles. The van der Waals surface area contributed by atoms with Gasteiger partial charge in [0.25, 0.3) is 0 Å². The van der Waals surface area contributed by atoms with Gasteiger partial charge in [0.1, 0.15) is 11.9 Å². The zero-order chi connectivity index (χ0) is 31.6. The predicted molar refractivity (Wildman–Crippen MR) is 164 cm³/mol. The van der Waals surface area contributed by atoms with Gasteiger partial charge in [-0.15, -0.1) is 0 Å². The van der Waals surface area contributed by atoms with Crippen LogP contribution in [0, 0.1) is 13.8 Å². The molecule has 2 heterocycles. The third-order valence-electron chi connectivity index (χ3n) is 7.14. The summed E-state index contributed by atoms with van der Waals surface area (Å²) in [6.45, 7) is 7.21. The Morgan fingerprint density at radius 3 is 2.44 bits per heavy atom. The number of benzene rings is 2. The molecular formula is C29H36N8O5S. The molecule has 0 unspecified atom stereocenters. The molecule has 4 N–H and O–H groups in total. The summed E-state index contributed by atoms with van der Waals surface area (Å²) in [7, 11) is -0.413. The number of carboxylic acid groups (broad SMARTS) is 1. The zero-order valence-corrected chi connectivity index (χ0v) is 25.8. The number of aliphatic carboxylic acids is 1. The van der Waals surface area contributed by atoms with Gasteiger partial charge in [-0.3, -0.25) is 14.3 Å². The Balaban J connectivity index is 1.75. The second-order valence-corrected chi connectivity index (χ2v) is 12.2. The number of sulfonamides is 1. The number of carbonyl (C=O) groups is 2. The van der Waals surface area contributed by atoms with Crippen molar-refractivity contribution in [3.05, 3.63) is 59.9 Å². The molecule has 1 amide bonds. The van der Waals surface area contributed by atoms with Crippen molar-refractivity contribution >= 4 is 55.9 Å². The van der Waals surface area contributed by atoms with E-state index in [1.165, 1.54) is 23.2 Å². The molecule has 0 spiro atoms. The van der Waals surface area contributed by atoms with Crippen molar-refractivity contribution in [3.63, 3.8) is 0 Å². The fourth-order valence-corrected chi connectivity index (χ4v) is 5.56. The van der Waals surface area contributed by atoms with E-state index in [2.05, 4.69) is 20.4 Å². The van der Waals surface area contributed by atoms with E-state index in [0.717, 1.165) is 22.3 Å². The number of carboxylic acids is 1. The summed E-state index contributed by atoms with van der Waals surface area (Å²) in [6, 6.07) is 10.8. The molecule has 2 aromatic carbocycles. The number of carbonyl (C=O) groups excluding carboxylic acids is 1. The summed E-state index contributed by atoms with van der Waals surface area (Å²) in [5.74, 6) is -1.17. The van der Waals surface area contributed by atoms with E-state index in [0.29, 0.717) is 11.4 Å². The number of amides is 1. The van der Waals surface area contributed by atoms with E-state index in [1.807, 2.05) is 62.6 Å². The minimum absolute atomic E-state index is 0.0140. The number of nitrogens with one attached hydrogen (secondary N) is 1. The average Bonchev–Trinajstić information content (AvgIpc) is 3.23. The molecule has 0 aliphatic rings. The van der Waals surface area contributed by atoms with Gasteiger partial charge in [0.2, 0.25) is 21.9 Å². The monoisotopic (exact) mass is 608 g/mol. The van der Waals surface area contributed by atoms with E-state index >= 15 is 0 Å². The molecule has 14 heteroatoms. The van der Waals surface area contributed by atoms with Crippen molar-refractivity contribution in [2.45, 2.75) is 57.5 Å². The lowest BCUT2D eigenvalue weighted by Gasteiger charge is -2.25. The largest absolute Gasteiger partial charge is 0.480 e. The minimum atomic E-state index is -4.11. The average molecular weight is 609 g/mol. The molecule has 13 nitrogen and oxygen atoms in total. The van der Waals surface area contributed by atoms with Gasteiger partial charge < -0.3 is 15.3 Å². The highest BCUT2D eigenvalue weighted by atomic mass is 32.2. The van der Waals surface area contributed by atoms with Crippen LogP contribution in [0.4, 0.5) is 23.1 Å². The number of nitrogens with zero attached hydrogens (tertiary/aromatic N) is 6.